The summed E-state index contributed by atoms with van der Waals surface area (Å²) in [6.45, 7) is 2.81. The molecule has 1 fully saturated rings. The Morgan fingerprint density at radius 2 is 2.17 bits per heavy atom. The molecule has 1 saturated carbocycles. The largest absolute Gasteiger partial charge is 0.475 e. The smallest absolute Gasteiger partial charge is 0.371 e. The van der Waals surface area contributed by atoms with Gasteiger partial charge in [-0.25, -0.2) is 4.79 Å². The Balaban J connectivity index is 1.80. The summed E-state index contributed by atoms with van der Waals surface area (Å²) >= 11 is 0. The van der Waals surface area contributed by atoms with Gasteiger partial charge in [0.05, 0.1) is 6.54 Å². The summed E-state index contributed by atoms with van der Waals surface area (Å²) in [5.41, 5.74) is 0. The van der Waals surface area contributed by atoms with Crippen molar-refractivity contribution in [3.05, 3.63) is 23.7 Å². The number of hydrogen-bond acceptors (Lipinski definition) is 3. The summed E-state index contributed by atoms with van der Waals surface area (Å²) in [6, 6.07) is 3.69. The minimum absolute atomic E-state index is 0.0112. The van der Waals surface area contributed by atoms with Crippen molar-refractivity contribution in [3.63, 3.8) is 0 Å². The van der Waals surface area contributed by atoms with Gasteiger partial charge in [-0.2, -0.15) is 0 Å². The Labute approximate surface area is 107 Å². The van der Waals surface area contributed by atoms with Crippen LogP contribution in [0.5, 0.6) is 0 Å². The molecule has 2 N–H and O–H groups in total. The lowest BCUT2D eigenvalue weighted by Gasteiger charge is -2.28. The molecule has 1 aliphatic carbocycles. The number of furan rings is 1. The number of hydrogen-bond donors (Lipinski definition) is 2. The van der Waals surface area contributed by atoms with Gasteiger partial charge in [0.2, 0.25) is 5.76 Å². The zero-order valence-corrected chi connectivity index (χ0v) is 10.8. The lowest BCUT2D eigenvalue weighted by Crippen LogP contribution is -2.34. The Morgan fingerprint density at radius 3 is 2.78 bits per heavy atom. The third-order valence-electron chi connectivity index (χ3n) is 3.83. The average Bonchev–Trinajstić information content (AvgIpc) is 2.86. The molecule has 0 saturated heterocycles. The van der Waals surface area contributed by atoms with Crippen LogP contribution in [0.25, 0.3) is 0 Å². The highest BCUT2D eigenvalue weighted by Gasteiger charge is 2.19. The van der Waals surface area contributed by atoms with E-state index in [-0.39, 0.29) is 5.76 Å². The summed E-state index contributed by atoms with van der Waals surface area (Å²) < 4.78 is 5.22. The van der Waals surface area contributed by atoms with Crippen LogP contribution in [0, 0.1) is 5.92 Å². The van der Waals surface area contributed by atoms with E-state index in [1.807, 2.05) is 0 Å². The molecule has 1 aromatic heterocycles. The van der Waals surface area contributed by atoms with Gasteiger partial charge in [-0.05, 0) is 37.8 Å². The molecular weight excluding hydrogens is 230 g/mol. The van der Waals surface area contributed by atoms with Crippen molar-refractivity contribution >= 4 is 5.97 Å². The summed E-state index contributed by atoms with van der Waals surface area (Å²) in [7, 11) is 0. The topological polar surface area (TPSA) is 62.5 Å². The molecule has 1 atom stereocenters. The fourth-order valence-electron chi connectivity index (χ4n) is 2.65. The van der Waals surface area contributed by atoms with Crippen LogP contribution in [0.3, 0.4) is 0 Å². The van der Waals surface area contributed by atoms with E-state index < -0.39 is 5.97 Å². The molecule has 1 aliphatic rings. The second-order valence-electron chi connectivity index (χ2n) is 5.14. The van der Waals surface area contributed by atoms with Crippen molar-refractivity contribution in [2.45, 2.75) is 51.6 Å². The molecular formula is C14H21NO3. The van der Waals surface area contributed by atoms with Crippen LogP contribution >= 0.6 is 0 Å². The molecule has 100 valence electrons. The van der Waals surface area contributed by atoms with Crippen LogP contribution in [0.4, 0.5) is 0 Å². The monoisotopic (exact) mass is 251 g/mol. The van der Waals surface area contributed by atoms with E-state index in [2.05, 4.69) is 12.2 Å². The van der Waals surface area contributed by atoms with Crippen LogP contribution in [-0.4, -0.2) is 17.1 Å². The number of carboxylic acid groups (broad SMARTS) is 1. The number of carboxylic acids is 1. The normalized spacial score (nSPS) is 18.7. The first-order valence-corrected chi connectivity index (χ1v) is 6.72. The fraction of sp³-hybridized carbons (Fsp3) is 0.643. The maximum atomic E-state index is 10.7. The van der Waals surface area contributed by atoms with Crippen LogP contribution in [0.2, 0.25) is 0 Å². The molecule has 0 bridgehead atoms. The van der Waals surface area contributed by atoms with Crippen molar-refractivity contribution in [2.24, 2.45) is 5.92 Å². The van der Waals surface area contributed by atoms with Crippen LogP contribution < -0.4 is 5.32 Å². The Bertz CT molecular complexity index is 393. The predicted octanol–water partition coefficient (Wildman–Crippen LogP) is 3.04. The minimum Gasteiger partial charge on any atom is -0.475 e. The first-order chi connectivity index (χ1) is 8.66. The lowest BCUT2D eigenvalue weighted by molar-refractivity contribution is 0.0660. The van der Waals surface area contributed by atoms with Crippen molar-refractivity contribution in [3.8, 4) is 0 Å². The van der Waals surface area contributed by atoms with E-state index in [0.29, 0.717) is 18.3 Å². The van der Waals surface area contributed by atoms with E-state index in [1.54, 1.807) is 6.07 Å². The van der Waals surface area contributed by atoms with E-state index in [1.165, 1.54) is 38.2 Å². The highest BCUT2D eigenvalue weighted by Crippen LogP contribution is 2.26. The van der Waals surface area contributed by atoms with E-state index in [9.17, 15) is 4.79 Å². The maximum Gasteiger partial charge on any atom is 0.371 e. The van der Waals surface area contributed by atoms with E-state index >= 15 is 0 Å². The van der Waals surface area contributed by atoms with E-state index in [4.69, 9.17) is 9.52 Å². The molecule has 4 heteroatoms. The number of rotatable bonds is 5. The van der Waals surface area contributed by atoms with Crippen molar-refractivity contribution in [2.75, 3.05) is 0 Å². The maximum absolute atomic E-state index is 10.7. The van der Waals surface area contributed by atoms with Crippen molar-refractivity contribution in [1.82, 2.24) is 5.32 Å². The Kier molecular flexibility index (Phi) is 4.42. The molecule has 1 aromatic rings. The van der Waals surface area contributed by atoms with Gasteiger partial charge in [0.15, 0.2) is 0 Å². The van der Waals surface area contributed by atoms with Crippen molar-refractivity contribution < 1.29 is 14.3 Å². The second kappa shape index (κ2) is 6.05. The molecule has 0 spiro atoms. The van der Waals surface area contributed by atoms with Gasteiger partial charge in [-0.1, -0.05) is 19.3 Å². The number of carbonyl (C=O) groups is 1. The summed E-state index contributed by atoms with van der Waals surface area (Å²) in [5, 5.41) is 12.2. The number of nitrogens with one attached hydrogen (secondary N) is 1. The summed E-state index contributed by atoms with van der Waals surface area (Å²) in [6.07, 6.45) is 6.63. The van der Waals surface area contributed by atoms with Gasteiger partial charge in [0.25, 0.3) is 0 Å². The van der Waals surface area contributed by atoms with Gasteiger partial charge in [-0.3, -0.25) is 0 Å². The molecule has 0 aromatic carbocycles. The molecule has 0 radical (unpaired) electrons. The van der Waals surface area contributed by atoms with Crippen LogP contribution in [-0.2, 0) is 6.54 Å². The first-order valence-electron chi connectivity index (χ1n) is 6.72. The zero-order chi connectivity index (χ0) is 13.0. The summed E-state index contributed by atoms with van der Waals surface area (Å²) in [5.74, 6) is 0.432. The Morgan fingerprint density at radius 1 is 1.44 bits per heavy atom. The molecule has 2 rings (SSSR count). The fourth-order valence-corrected chi connectivity index (χ4v) is 2.65. The first kappa shape index (κ1) is 13.1. The van der Waals surface area contributed by atoms with Gasteiger partial charge in [-0.15, -0.1) is 0 Å². The molecule has 18 heavy (non-hydrogen) atoms. The Hall–Kier alpha value is -1.29. The van der Waals surface area contributed by atoms with Crippen molar-refractivity contribution in [1.29, 1.82) is 0 Å². The molecule has 0 amide bonds. The third kappa shape index (κ3) is 3.35. The standard InChI is InChI=1S/C14H21NO3/c1-10(11-5-3-2-4-6-11)15-9-12-7-8-13(18-12)14(16)17/h7-8,10-11,15H,2-6,9H2,1H3,(H,16,17). The third-order valence-corrected chi connectivity index (χ3v) is 3.83. The average molecular weight is 251 g/mol. The second-order valence-corrected chi connectivity index (χ2v) is 5.14. The quantitative estimate of drug-likeness (QED) is 0.844. The molecule has 4 nitrogen and oxygen atoms in total. The molecule has 0 aliphatic heterocycles. The molecule has 1 heterocycles. The van der Waals surface area contributed by atoms with Crippen LogP contribution in [0.15, 0.2) is 16.5 Å². The predicted molar refractivity (Wildman–Crippen MR) is 68.5 cm³/mol. The van der Waals surface area contributed by atoms with Crippen LogP contribution in [0.1, 0.15) is 55.3 Å². The van der Waals surface area contributed by atoms with Gasteiger partial charge in [0.1, 0.15) is 5.76 Å². The molecule has 1 unspecified atom stereocenters. The van der Waals surface area contributed by atoms with Gasteiger partial charge in [0, 0.05) is 6.04 Å². The number of aromatic carboxylic acids is 1. The highest BCUT2D eigenvalue weighted by molar-refractivity contribution is 5.84. The van der Waals surface area contributed by atoms with Gasteiger partial charge >= 0.3 is 5.97 Å². The minimum atomic E-state index is -1.01. The zero-order valence-electron chi connectivity index (χ0n) is 10.8. The lowest BCUT2D eigenvalue weighted by atomic mass is 9.84. The van der Waals surface area contributed by atoms with E-state index in [0.717, 1.165) is 5.92 Å². The summed E-state index contributed by atoms with van der Waals surface area (Å²) in [4.78, 5) is 10.7. The highest BCUT2D eigenvalue weighted by atomic mass is 16.4. The van der Waals surface area contributed by atoms with Gasteiger partial charge < -0.3 is 14.8 Å². The SMILES string of the molecule is CC(NCc1ccc(C(=O)O)o1)C1CCCCC1.